The fraction of sp³-hybridized carbons (Fsp3) is 0.474. The number of nitrogens with one attached hydrogen (secondary N) is 1. The van der Waals surface area contributed by atoms with Crippen LogP contribution in [0.25, 0.3) is 0 Å². The summed E-state index contributed by atoms with van der Waals surface area (Å²) < 4.78 is 11.9. The van der Waals surface area contributed by atoms with Crippen LogP contribution in [0.3, 0.4) is 0 Å². The van der Waals surface area contributed by atoms with Crippen LogP contribution in [0.1, 0.15) is 26.0 Å². The zero-order valence-corrected chi connectivity index (χ0v) is 14.8. The van der Waals surface area contributed by atoms with Gasteiger partial charge in [-0.05, 0) is 32.4 Å². The van der Waals surface area contributed by atoms with Crippen LogP contribution in [0, 0.1) is 0 Å². The normalized spacial score (nSPS) is 19.6. The average molecular weight is 343 g/mol. The van der Waals surface area contributed by atoms with Crippen molar-refractivity contribution in [3.05, 3.63) is 48.5 Å². The van der Waals surface area contributed by atoms with Gasteiger partial charge >= 0.3 is 0 Å². The number of aromatic amines is 1. The molecule has 1 atom stereocenters. The smallest absolute Gasteiger partial charge is 0.223 e. The summed E-state index contributed by atoms with van der Waals surface area (Å²) >= 11 is 0. The number of nitrogens with zero attached hydrogens (tertiary/aromatic N) is 2. The van der Waals surface area contributed by atoms with E-state index < -0.39 is 0 Å². The lowest BCUT2D eigenvalue weighted by molar-refractivity contribution is -0.165. The molecular weight excluding hydrogens is 318 g/mol. The highest BCUT2D eigenvalue weighted by Gasteiger charge is 2.35. The SMILES string of the molecule is CC1(C)CN(C(=O)CCc2cnc[nH]2)C[C@@H](COc2ccccc2)O1. The zero-order chi connectivity index (χ0) is 17.7. The Bertz CT molecular complexity index is 670. The summed E-state index contributed by atoms with van der Waals surface area (Å²) in [7, 11) is 0. The van der Waals surface area contributed by atoms with Gasteiger partial charge in [0.05, 0.1) is 18.5 Å². The Labute approximate surface area is 148 Å². The molecule has 134 valence electrons. The largest absolute Gasteiger partial charge is 0.491 e. The molecule has 0 radical (unpaired) electrons. The molecule has 1 aliphatic heterocycles. The number of aromatic nitrogens is 2. The molecule has 0 saturated carbocycles. The van der Waals surface area contributed by atoms with Crippen molar-refractivity contribution in [1.82, 2.24) is 14.9 Å². The van der Waals surface area contributed by atoms with Crippen LogP contribution >= 0.6 is 0 Å². The summed E-state index contributed by atoms with van der Waals surface area (Å²) in [4.78, 5) is 21.5. The van der Waals surface area contributed by atoms with Gasteiger partial charge in [-0.15, -0.1) is 0 Å². The number of morpholine rings is 1. The van der Waals surface area contributed by atoms with Crippen molar-refractivity contribution in [3.63, 3.8) is 0 Å². The number of carbonyl (C=O) groups is 1. The Morgan fingerprint density at radius 2 is 2.20 bits per heavy atom. The molecule has 1 fully saturated rings. The first-order chi connectivity index (χ1) is 12.0. The molecule has 2 heterocycles. The molecule has 6 nitrogen and oxygen atoms in total. The fourth-order valence-corrected chi connectivity index (χ4v) is 3.10. The Morgan fingerprint density at radius 3 is 2.92 bits per heavy atom. The molecule has 0 bridgehead atoms. The Hall–Kier alpha value is -2.34. The number of amides is 1. The number of hydrogen-bond acceptors (Lipinski definition) is 4. The number of H-pyrrole nitrogens is 1. The highest BCUT2D eigenvalue weighted by molar-refractivity contribution is 5.76. The summed E-state index contributed by atoms with van der Waals surface area (Å²) in [5.41, 5.74) is 0.594. The van der Waals surface area contributed by atoms with E-state index in [9.17, 15) is 4.79 Å². The van der Waals surface area contributed by atoms with Crippen molar-refractivity contribution < 1.29 is 14.3 Å². The van der Waals surface area contributed by atoms with Crippen molar-refractivity contribution in [1.29, 1.82) is 0 Å². The summed E-state index contributed by atoms with van der Waals surface area (Å²) in [6.45, 7) is 5.60. The van der Waals surface area contributed by atoms with Crippen molar-refractivity contribution in [2.24, 2.45) is 0 Å². The van der Waals surface area contributed by atoms with E-state index >= 15 is 0 Å². The van der Waals surface area contributed by atoms with E-state index in [1.165, 1.54) is 0 Å². The van der Waals surface area contributed by atoms with Crippen LogP contribution in [0.4, 0.5) is 0 Å². The number of imidazole rings is 1. The van der Waals surface area contributed by atoms with E-state index in [0.29, 0.717) is 32.5 Å². The lowest BCUT2D eigenvalue weighted by Gasteiger charge is -2.42. The van der Waals surface area contributed by atoms with Gasteiger partial charge in [0.25, 0.3) is 0 Å². The van der Waals surface area contributed by atoms with Gasteiger partial charge in [-0.1, -0.05) is 18.2 Å². The van der Waals surface area contributed by atoms with Crippen molar-refractivity contribution >= 4 is 5.91 Å². The molecule has 0 spiro atoms. The molecule has 3 rings (SSSR count). The van der Waals surface area contributed by atoms with Crippen LogP contribution in [0.5, 0.6) is 5.75 Å². The minimum Gasteiger partial charge on any atom is -0.491 e. The second-order valence-corrected chi connectivity index (χ2v) is 6.97. The van der Waals surface area contributed by atoms with E-state index in [1.807, 2.05) is 49.1 Å². The molecule has 1 aliphatic rings. The molecule has 0 unspecified atom stereocenters. The molecule has 2 aromatic rings. The number of aryl methyl sites for hydroxylation is 1. The Kier molecular flexibility index (Phi) is 5.38. The second-order valence-electron chi connectivity index (χ2n) is 6.97. The van der Waals surface area contributed by atoms with E-state index in [0.717, 1.165) is 11.4 Å². The first-order valence-corrected chi connectivity index (χ1v) is 8.62. The molecule has 25 heavy (non-hydrogen) atoms. The van der Waals surface area contributed by atoms with Crippen molar-refractivity contribution in [2.45, 2.75) is 38.4 Å². The standard InChI is InChI=1S/C19H25N3O3/c1-19(2)13-22(18(23)9-8-15-10-20-14-21-15)11-17(25-19)12-24-16-6-4-3-5-7-16/h3-7,10,14,17H,8-9,11-13H2,1-2H3,(H,20,21)/t17-/m0/s1. The average Bonchev–Trinajstić information content (AvgIpc) is 3.11. The fourth-order valence-electron chi connectivity index (χ4n) is 3.10. The molecular formula is C19H25N3O3. The van der Waals surface area contributed by atoms with Gasteiger partial charge in [0.2, 0.25) is 5.91 Å². The number of ether oxygens (including phenoxy) is 2. The van der Waals surface area contributed by atoms with Gasteiger partial charge in [0.1, 0.15) is 18.5 Å². The van der Waals surface area contributed by atoms with Crippen LogP contribution in [0.15, 0.2) is 42.9 Å². The number of hydrogen-bond donors (Lipinski definition) is 1. The third-order valence-corrected chi connectivity index (χ3v) is 4.18. The summed E-state index contributed by atoms with van der Waals surface area (Å²) in [6.07, 6.45) is 4.38. The summed E-state index contributed by atoms with van der Waals surface area (Å²) in [5.74, 6) is 0.947. The lowest BCUT2D eigenvalue weighted by atomic mass is 10.0. The van der Waals surface area contributed by atoms with E-state index in [-0.39, 0.29) is 17.6 Å². The minimum atomic E-state index is -0.382. The third-order valence-electron chi connectivity index (χ3n) is 4.18. The molecule has 1 saturated heterocycles. The van der Waals surface area contributed by atoms with Gasteiger partial charge < -0.3 is 19.4 Å². The van der Waals surface area contributed by atoms with Gasteiger partial charge in [-0.25, -0.2) is 4.98 Å². The number of carbonyl (C=O) groups excluding carboxylic acids is 1. The van der Waals surface area contributed by atoms with Crippen molar-refractivity contribution in [3.8, 4) is 5.75 Å². The Balaban J connectivity index is 1.55. The van der Waals surface area contributed by atoms with E-state index in [4.69, 9.17) is 9.47 Å². The highest BCUT2D eigenvalue weighted by atomic mass is 16.5. The maximum atomic E-state index is 12.6. The van der Waals surface area contributed by atoms with Crippen LogP contribution in [-0.4, -0.2) is 52.2 Å². The van der Waals surface area contributed by atoms with E-state index in [1.54, 1.807) is 12.5 Å². The van der Waals surface area contributed by atoms with Gasteiger partial charge in [0.15, 0.2) is 0 Å². The summed E-state index contributed by atoms with van der Waals surface area (Å²) in [5, 5.41) is 0. The maximum absolute atomic E-state index is 12.6. The molecule has 1 amide bonds. The maximum Gasteiger partial charge on any atom is 0.223 e. The van der Waals surface area contributed by atoms with Crippen molar-refractivity contribution in [2.75, 3.05) is 19.7 Å². The van der Waals surface area contributed by atoms with E-state index in [2.05, 4.69) is 9.97 Å². The first kappa shape index (κ1) is 17.5. The number of para-hydroxylation sites is 1. The van der Waals surface area contributed by atoms with Gasteiger partial charge in [-0.3, -0.25) is 4.79 Å². The summed E-state index contributed by atoms with van der Waals surface area (Å²) in [6, 6.07) is 9.66. The second kappa shape index (κ2) is 7.70. The number of benzene rings is 1. The van der Waals surface area contributed by atoms with Gasteiger partial charge in [0, 0.05) is 24.9 Å². The van der Waals surface area contributed by atoms with Crippen LogP contribution < -0.4 is 4.74 Å². The Morgan fingerprint density at radius 1 is 1.40 bits per heavy atom. The predicted octanol–water partition coefficient (Wildman–Crippen LogP) is 2.43. The van der Waals surface area contributed by atoms with Gasteiger partial charge in [-0.2, -0.15) is 0 Å². The molecule has 6 heteroatoms. The molecule has 1 aromatic carbocycles. The molecule has 0 aliphatic carbocycles. The quantitative estimate of drug-likeness (QED) is 0.875. The molecule has 1 aromatic heterocycles. The minimum absolute atomic E-state index is 0.135. The topological polar surface area (TPSA) is 67.5 Å². The zero-order valence-electron chi connectivity index (χ0n) is 14.8. The van der Waals surface area contributed by atoms with Crippen LogP contribution in [0.2, 0.25) is 0 Å². The lowest BCUT2D eigenvalue weighted by Crippen LogP contribution is -2.56. The highest BCUT2D eigenvalue weighted by Crippen LogP contribution is 2.23. The monoisotopic (exact) mass is 343 g/mol. The first-order valence-electron chi connectivity index (χ1n) is 8.62. The predicted molar refractivity (Wildman–Crippen MR) is 94.4 cm³/mol. The third kappa shape index (κ3) is 5.06. The molecule has 1 N–H and O–H groups in total. The number of rotatable bonds is 6. The van der Waals surface area contributed by atoms with Crippen LogP contribution in [-0.2, 0) is 16.0 Å².